The van der Waals surface area contributed by atoms with Crippen molar-refractivity contribution in [2.45, 2.75) is 18.7 Å². The second-order valence-electron chi connectivity index (χ2n) is 3.24. The van der Waals surface area contributed by atoms with Crippen LogP contribution in [0.25, 0.3) is 0 Å². The number of hydrogen-bond donors (Lipinski definition) is 1. The monoisotopic (exact) mass is 199 g/mol. The molecule has 0 amide bonds. The van der Waals surface area contributed by atoms with Crippen LogP contribution < -0.4 is 5.73 Å². The van der Waals surface area contributed by atoms with E-state index in [1.807, 2.05) is 0 Å². The average molecular weight is 199 g/mol. The molecule has 1 aromatic carbocycles. The van der Waals surface area contributed by atoms with E-state index in [0.29, 0.717) is 10.6 Å². The van der Waals surface area contributed by atoms with Crippen molar-refractivity contribution in [3.63, 3.8) is 0 Å². The third-order valence-corrected chi connectivity index (χ3v) is 3.09. The topological polar surface area (TPSA) is 60.2 Å². The second-order valence-corrected chi connectivity index (χ2v) is 5.26. The number of aryl methyl sites for hydroxylation is 2. The van der Waals surface area contributed by atoms with Crippen LogP contribution in [0.15, 0.2) is 17.0 Å². The number of nitrogen functional groups attached to an aromatic ring is 1. The summed E-state index contributed by atoms with van der Waals surface area (Å²) in [6.45, 7) is 3.61. The molecule has 0 saturated heterocycles. The minimum Gasteiger partial charge on any atom is -0.398 e. The SMILES string of the molecule is Cc1cc(S(C)(=O)=O)cc(C)c1N. The maximum atomic E-state index is 11.2. The Morgan fingerprint density at radius 2 is 1.54 bits per heavy atom. The molecule has 0 radical (unpaired) electrons. The normalized spacial score (nSPS) is 11.6. The van der Waals surface area contributed by atoms with Gasteiger partial charge in [0.05, 0.1) is 4.90 Å². The molecule has 4 heteroatoms. The van der Waals surface area contributed by atoms with Crippen molar-refractivity contribution in [2.75, 3.05) is 12.0 Å². The predicted octanol–water partition coefficient (Wildman–Crippen LogP) is 1.29. The minimum atomic E-state index is -3.12. The predicted molar refractivity (Wildman–Crippen MR) is 53.4 cm³/mol. The zero-order chi connectivity index (χ0) is 10.2. The summed E-state index contributed by atoms with van der Waals surface area (Å²) in [5.74, 6) is 0. The molecule has 72 valence electrons. The highest BCUT2D eigenvalue weighted by Gasteiger charge is 2.09. The van der Waals surface area contributed by atoms with Gasteiger partial charge in [-0.3, -0.25) is 0 Å². The van der Waals surface area contributed by atoms with Crippen molar-refractivity contribution in [2.24, 2.45) is 0 Å². The van der Waals surface area contributed by atoms with Gasteiger partial charge in [0.25, 0.3) is 0 Å². The van der Waals surface area contributed by atoms with Crippen LogP contribution in [0.1, 0.15) is 11.1 Å². The molecule has 0 saturated carbocycles. The highest BCUT2D eigenvalue weighted by Crippen LogP contribution is 2.21. The Kier molecular flexibility index (Phi) is 2.34. The fourth-order valence-electron chi connectivity index (χ4n) is 1.15. The number of nitrogens with two attached hydrogens (primary N) is 1. The fourth-order valence-corrected chi connectivity index (χ4v) is 1.93. The van der Waals surface area contributed by atoms with E-state index in [9.17, 15) is 8.42 Å². The number of sulfone groups is 1. The summed E-state index contributed by atoms with van der Waals surface area (Å²) in [6, 6.07) is 3.19. The van der Waals surface area contributed by atoms with E-state index in [-0.39, 0.29) is 0 Å². The minimum absolute atomic E-state index is 0.330. The van der Waals surface area contributed by atoms with Crippen molar-refractivity contribution in [3.05, 3.63) is 23.3 Å². The van der Waals surface area contributed by atoms with Crippen LogP contribution in [0.2, 0.25) is 0 Å². The van der Waals surface area contributed by atoms with Gasteiger partial charge in [0.15, 0.2) is 9.84 Å². The van der Waals surface area contributed by atoms with Crippen LogP contribution in [-0.4, -0.2) is 14.7 Å². The second kappa shape index (κ2) is 3.03. The molecular formula is C9H13NO2S. The van der Waals surface area contributed by atoms with Gasteiger partial charge in [-0.1, -0.05) is 0 Å². The first kappa shape index (κ1) is 10.1. The molecule has 1 rings (SSSR count). The number of benzene rings is 1. The Hall–Kier alpha value is -1.03. The molecule has 0 unspecified atom stereocenters. The Bertz CT molecular complexity index is 412. The first-order valence-corrected chi connectivity index (χ1v) is 5.78. The van der Waals surface area contributed by atoms with Crippen molar-refractivity contribution >= 4 is 15.5 Å². The largest absolute Gasteiger partial charge is 0.398 e. The summed E-state index contributed by atoms with van der Waals surface area (Å²) in [4.78, 5) is 0.330. The van der Waals surface area contributed by atoms with E-state index < -0.39 is 9.84 Å². The Morgan fingerprint density at radius 3 is 1.85 bits per heavy atom. The van der Waals surface area contributed by atoms with E-state index in [4.69, 9.17) is 5.73 Å². The molecule has 0 fully saturated rings. The van der Waals surface area contributed by atoms with Gasteiger partial charge in [-0.25, -0.2) is 8.42 Å². The maximum absolute atomic E-state index is 11.2. The third-order valence-electron chi connectivity index (χ3n) is 2.00. The molecule has 0 heterocycles. The van der Waals surface area contributed by atoms with Gasteiger partial charge >= 0.3 is 0 Å². The summed E-state index contributed by atoms with van der Waals surface area (Å²) in [5, 5.41) is 0. The summed E-state index contributed by atoms with van der Waals surface area (Å²) in [5.41, 5.74) is 7.97. The molecule has 0 aliphatic carbocycles. The average Bonchev–Trinajstić information content (AvgIpc) is 1.97. The molecule has 2 N–H and O–H groups in total. The molecule has 0 spiro atoms. The lowest BCUT2D eigenvalue weighted by Crippen LogP contribution is -2.01. The van der Waals surface area contributed by atoms with Gasteiger partial charge in [-0.05, 0) is 37.1 Å². The standard InChI is InChI=1S/C9H13NO2S/c1-6-4-8(13(3,11)12)5-7(2)9(6)10/h4-5H,10H2,1-3H3. The first-order valence-electron chi connectivity index (χ1n) is 3.89. The van der Waals surface area contributed by atoms with Crippen LogP contribution in [-0.2, 0) is 9.84 Å². The fraction of sp³-hybridized carbons (Fsp3) is 0.333. The van der Waals surface area contributed by atoms with E-state index >= 15 is 0 Å². The lowest BCUT2D eigenvalue weighted by Gasteiger charge is -2.06. The third kappa shape index (κ3) is 2.01. The van der Waals surface area contributed by atoms with Crippen LogP contribution in [0.3, 0.4) is 0 Å². The van der Waals surface area contributed by atoms with Crippen molar-refractivity contribution in [1.82, 2.24) is 0 Å². The zero-order valence-electron chi connectivity index (χ0n) is 7.96. The van der Waals surface area contributed by atoms with Crippen LogP contribution in [0.4, 0.5) is 5.69 Å². The molecule has 3 nitrogen and oxygen atoms in total. The van der Waals surface area contributed by atoms with E-state index in [1.54, 1.807) is 26.0 Å². The number of anilines is 1. The smallest absolute Gasteiger partial charge is 0.175 e. The Morgan fingerprint density at radius 1 is 1.15 bits per heavy atom. The molecule has 0 bridgehead atoms. The van der Waals surface area contributed by atoms with Gasteiger partial charge in [-0.2, -0.15) is 0 Å². The van der Waals surface area contributed by atoms with Gasteiger partial charge in [0.2, 0.25) is 0 Å². The number of rotatable bonds is 1. The summed E-state index contributed by atoms with van der Waals surface area (Å²) in [6.07, 6.45) is 1.19. The Balaban J connectivity index is 3.47. The molecule has 0 atom stereocenters. The van der Waals surface area contributed by atoms with E-state index in [1.165, 1.54) is 6.26 Å². The van der Waals surface area contributed by atoms with Gasteiger partial charge in [0, 0.05) is 11.9 Å². The molecular weight excluding hydrogens is 186 g/mol. The summed E-state index contributed by atoms with van der Waals surface area (Å²) in [7, 11) is -3.12. The summed E-state index contributed by atoms with van der Waals surface area (Å²) >= 11 is 0. The molecule has 0 aliphatic heterocycles. The van der Waals surface area contributed by atoms with Crippen molar-refractivity contribution in [3.8, 4) is 0 Å². The van der Waals surface area contributed by atoms with Crippen molar-refractivity contribution in [1.29, 1.82) is 0 Å². The van der Waals surface area contributed by atoms with Gasteiger partial charge in [-0.15, -0.1) is 0 Å². The highest BCUT2D eigenvalue weighted by molar-refractivity contribution is 7.90. The molecule has 1 aromatic rings. The van der Waals surface area contributed by atoms with E-state index in [0.717, 1.165) is 11.1 Å². The molecule has 0 aliphatic rings. The van der Waals surface area contributed by atoms with E-state index in [2.05, 4.69) is 0 Å². The van der Waals surface area contributed by atoms with Crippen molar-refractivity contribution < 1.29 is 8.42 Å². The van der Waals surface area contributed by atoms with Gasteiger partial charge < -0.3 is 5.73 Å². The van der Waals surface area contributed by atoms with Crippen LogP contribution in [0.5, 0.6) is 0 Å². The zero-order valence-corrected chi connectivity index (χ0v) is 8.77. The first-order chi connectivity index (χ1) is 5.82. The maximum Gasteiger partial charge on any atom is 0.175 e. The molecule has 13 heavy (non-hydrogen) atoms. The van der Waals surface area contributed by atoms with Crippen LogP contribution in [0, 0.1) is 13.8 Å². The lowest BCUT2D eigenvalue weighted by atomic mass is 10.1. The van der Waals surface area contributed by atoms with Gasteiger partial charge in [0.1, 0.15) is 0 Å². The quantitative estimate of drug-likeness (QED) is 0.693. The Labute approximate surface area is 78.5 Å². The lowest BCUT2D eigenvalue weighted by molar-refractivity contribution is 0.601. The molecule has 0 aromatic heterocycles. The highest BCUT2D eigenvalue weighted by atomic mass is 32.2. The van der Waals surface area contributed by atoms with Crippen LogP contribution >= 0.6 is 0 Å². The summed E-state index contributed by atoms with van der Waals surface area (Å²) < 4.78 is 22.4. The number of hydrogen-bond acceptors (Lipinski definition) is 3.